The standard InChI is InChI=1S/C17H18N4O4S/c1-24-13-4-3-11-10(15(13)25-2)9-12(20-11)16(23)18-6-5-14(22)21-17-19-7-8-26-17/h3-4,7-9,20H,5-6H2,1-2H3,(H,18,23)(H,19,21,22). The molecule has 3 N–H and O–H groups in total. The Morgan fingerprint density at radius 1 is 1.27 bits per heavy atom. The van der Waals surface area contributed by atoms with E-state index >= 15 is 0 Å². The van der Waals surface area contributed by atoms with Gasteiger partial charge in [-0.05, 0) is 18.2 Å². The predicted octanol–water partition coefficient (Wildman–Crippen LogP) is 2.40. The van der Waals surface area contributed by atoms with Gasteiger partial charge in [-0.3, -0.25) is 9.59 Å². The number of benzene rings is 1. The number of hydrogen-bond acceptors (Lipinski definition) is 6. The predicted molar refractivity (Wildman–Crippen MR) is 99.1 cm³/mol. The summed E-state index contributed by atoms with van der Waals surface area (Å²) in [6.07, 6.45) is 1.77. The van der Waals surface area contributed by atoms with Gasteiger partial charge >= 0.3 is 0 Å². The van der Waals surface area contributed by atoms with E-state index in [0.29, 0.717) is 22.3 Å². The molecule has 0 aliphatic rings. The first-order valence-corrected chi connectivity index (χ1v) is 8.71. The van der Waals surface area contributed by atoms with Crippen LogP contribution in [0, 0.1) is 0 Å². The van der Waals surface area contributed by atoms with Crippen molar-refractivity contribution in [3.05, 3.63) is 35.5 Å². The van der Waals surface area contributed by atoms with E-state index in [-0.39, 0.29) is 24.8 Å². The van der Waals surface area contributed by atoms with E-state index in [0.717, 1.165) is 10.9 Å². The van der Waals surface area contributed by atoms with Crippen molar-refractivity contribution in [2.24, 2.45) is 0 Å². The number of fused-ring (bicyclic) bond motifs is 1. The summed E-state index contributed by atoms with van der Waals surface area (Å²) in [5.41, 5.74) is 1.14. The zero-order chi connectivity index (χ0) is 18.5. The molecule has 1 aromatic carbocycles. The van der Waals surface area contributed by atoms with Crippen LogP contribution in [0.1, 0.15) is 16.9 Å². The summed E-state index contributed by atoms with van der Waals surface area (Å²) >= 11 is 1.34. The highest BCUT2D eigenvalue weighted by molar-refractivity contribution is 7.13. The van der Waals surface area contributed by atoms with Crippen molar-refractivity contribution in [3.8, 4) is 11.5 Å². The smallest absolute Gasteiger partial charge is 0.267 e. The van der Waals surface area contributed by atoms with Crippen LogP contribution in [0.3, 0.4) is 0 Å². The Bertz CT molecular complexity index is 920. The molecule has 0 saturated carbocycles. The second-order valence-corrected chi connectivity index (χ2v) is 6.23. The van der Waals surface area contributed by atoms with Gasteiger partial charge in [-0.2, -0.15) is 0 Å². The lowest BCUT2D eigenvalue weighted by atomic mass is 10.2. The van der Waals surface area contributed by atoms with Gasteiger partial charge in [0.25, 0.3) is 5.91 Å². The highest BCUT2D eigenvalue weighted by Crippen LogP contribution is 2.35. The van der Waals surface area contributed by atoms with Crippen LogP contribution in [0.2, 0.25) is 0 Å². The number of thiazole rings is 1. The fraction of sp³-hybridized carbons (Fsp3) is 0.235. The Kier molecular flexibility index (Phi) is 5.37. The Morgan fingerprint density at radius 3 is 2.81 bits per heavy atom. The molecule has 26 heavy (non-hydrogen) atoms. The van der Waals surface area contributed by atoms with Gasteiger partial charge in [0.15, 0.2) is 16.6 Å². The minimum Gasteiger partial charge on any atom is -0.493 e. The molecule has 136 valence electrons. The lowest BCUT2D eigenvalue weighted by molar-refractivity contribution is -0.116. The number of carbonyl (C=O) groups excluding carboxylic acids is 2. The zero-order valence-electron chi connectivity index (χ0n) is 14.3. The van der Waals surface area contributed by atoms with Gasteiger partial charge < -0.3 is 25.1 Å². The van der Waals surface area contributed by atoms with Crippen molar-refractivity contribution in [1.29, 1.82) is 0 Å². The number of H-pyrrole nitrogens is 1. The molecular weight excluding hydrogens is 356 g/mol. The molecule has 2 aromatic heterocycles. The van der Waals surface area contributed by atoms with Crippen molar-refractivity contribution < 1.29 is 19.1 Å². The molecule has 8 nitrogen and oxygen atoms in total. The van der Waals surface area contributed by atoms with Crippen molar-refractivity contribution in [2.75, 3.05) is 26.1 Å². The monoisotopic (exact) mass is 374 g/mol. The van der Waals surface area contributed by atoms with Crippen molar-refractivity contribution in [3.63, 3.8) is 0 Å². The van der Waals surface area contributed by atoms with Gasteiger partial charge in [-0.1, -0.05) is 0 Å². The molecule has 0 aliphatic heterocycles. The second-order valence-electron chi connectivity index (χ2n) is 5.34. The number of carbonyl (C=O) groups is 2. The molecule has 0 spiro atoms. The molecule has 0 saturated heterocycles. The maximum atomic E-state index is 12.3. The lowest BCUT2D eigenvalue weighted by Crippen LogP contribution is -2.27. The zero-order valence-corrected chi connectivity index (χ0v) is 15.1. The molecule has 0 unspecified atom stereocenters. The molecular formula is C17H18N4O4S. The highest BCUT2D eigenvalue weighted by Gasteiger charge is 2.15. The Morgan fingerprint density at radius 2 is 2.12 bits per heavy atom. The van der Waals surface area contributed by atoms with E-state index in [4.69, 9.17) is 9.47 Å². The minimum absolute atomic E-state index is 0.155. The largest absolute Gasteiger partial charge is 0.493 e. The molecule has 0 bridgehead atoms. The quantitative estimate of drug-likeness (QED) is 0.589. The Hall–Kier alpha value is -3.07. The Labute approximate surface area is 153 Å². The normalized spacial score (nSPS) is 10.5. The number of anilines is 1. The average molecular weight is 374 g/mol. The third-order valence-electron chi connectivity index (χ3n) is 3.70. The van der Waals surface area contributed by atoms with Gasteiger partial charge in [-0.15, -0.1) is 11.3 Å². The summed E-state index contributed by atoms with van der Waals surface area (Å²) in [4.78, 5) is 31.1. The van der Waals surface area contributed by atoms with Crippen LogP contribution in [0.25, 0.3) is 10.9 Å². The lowest BCUT2D eigenvalue weighted by Gasteiger charge is -2.07. The number of aromatic nitrogens is 2. The van der Waals surface area contributed by atoms with Crippen LogP contribution >= 0.6 is 11.3 Å². The SMILES string of the molecule is COc1ccc2[nH]c(C(=O)NCCC(=O)Nc3nccs3)cc2c1OC. The van der Waals surface area contributed by atoms with Crippen molar-refractivity contribution >= 4 is 39.2 Å². The topological polar surface area (TPSA) is 105 Å². The summed E-state index contributed by atoms with van der Waals surface area (Å²) in [6, 6.07) is 5.28. The number of amides is 2. The fourth-order valence-electron chi connectivity index (χ4n) is 2.50. The van der Waals surface area contributed by atoms with Crippen LogP contribution in [0.15, 0.2) is 29.8 Å². The molecule has 9 heteroatoms. The number of methoxy groups -OCH3 is 2. The van der Waals surface area contributed by atoms with E-state index < -0.39 is 0 Å². The molecule has 0 fully saturated rings. The first kappa shape index (κ1) is 17.7. The number of nitrogens with one attached hydrogen (secondary N) is 3. The van der Waals surface area contributed by atoms with Gasteiger partial charge in [0.05, 0.1) is 19.7 Å². The van der Waals surface area contributed by atoms with Crippen molar-refractivity contribution in [1.82, 2.24) is 15.3 Å². The van der Waals surface area contributed by atoms with Crippen LogP contribution in [-0.2, 0) is 4.79 Å². The Balaban J connectivity index is 1.62. The molecule has 3 aromatic rings. The third-order valence-corrected chi connectivity index (χ3v) is 4.39. The number of aromatic amines is 1. The van der Waals surface area contributed by atoms with E-state index in [1.165, 1.54) is 11.3 Å². The minimum atomic E-state index is -0.302. The average Bonchev–Trinajstić information content (AvgIpc) is 3.29. The van der Waals surface area contributed by atoms with Crippen LogP contribution < -0.4 is 20.1 Å². The van der Waals surface area contributed by atoms with E-state index in [1.807, 2.05) is 6.07 Å². The number of hydrogen-bond donors (Lipinski definition) is 3. The summed E-state index contributed by atoms with van der Waals surface area (Å²) in [5, 5.41) is 8.44. The van der Waals surface area contributed by atoms with E-state index in [1.54, 1.807) is 37.9 Å². The van der Waals surface area contributed by atoms with Gasteiger partial charge in [0.2, 0.25) is 5.91 Å². The van der Waals surface area contributed by atoms with Crippen LogP contribution in [-0.4, -0.2) is 42.5 Å². The maximum Gasteiger partial charge on any atom is 0.267 e. The molecule has 0 aliphatic carbocycles. The first-order valence-electron chi connectivity index (χ1n) is 7.83. The van der Waals surface area contributed by atoms with Gasteiger partial charge in [0.1, 0.15) is 5.69 Å². The summed E-state index contributed by atoms with van der Waals surface area (Å²) in [5.74, 6) is 0.639. The van der Waals surface area contributed by atoms with E-state index in [2.05, 4.69) is 20.6 Å². The summed E-state index contributed by atoms with van der Waals surface area (Å²) in [6.45, 7) is 0.214. The molecule has 2 heterocycles. The summed E-state index contributed by atoms with van der Waals surface area (Å²) in [7, 11) is 3.10. The van der Waals surface area contributed by atoms with Crippen LogP contribution in [0.5, 0.6) is 11.5 Å². The van der Waals surface area contributed by atoms with Crippen LogP contribution in [0.4, 0.5) is 5.13 Å². The van der Waals surface area contributed by atoms with Gasteiger partial charge in [-0.25, -0.2) is 4.98 Å². The number of nitrogens with zero attached hydrogens (tertiary/aromatic N) is 1. The fourth-order valence-corrected chi connectivity index (χ4v) is 3.05. The second kappa shape index (κ2) is 7.87. The van der Waals surface area contributed by atoms with Gasteiger partial charge in [0, 0.05) is 29.9 Å². The third kappa shape index (κ3) is 3.77. The molecule has 2 amide bonds. The molecule has 3 rings (SSSR count). The molecule has 0 atom stereocenters. The number of ether oxygens (including phenoxy) is 2. The molecule has 0 radical (unpaired) electrons. The number of rotatable bonds is 7. The first-order chi connectivity index (χ1) is 12.6. The van der Waals surface area contributed by atoms with E-state index in [9.17, 15) is 9.59 Å². The maximum absolute atomic E-state index is 12.3. The van der Waals surface area contributed by atoms with Crippen molar-refractivity contribution in [2.45, 2.75) is 6.42 Å². The summed E-state index contributed by atoms with van der Waals surface area (Å²) < 4.78 is 10.6. The highest BCUT2D eigenvalue weighted by atomic mass is 32.1.